The summed E-state index contributed by atoms with van der Waals surface area (Å²) in [5.74, 6) is -0.841. The molecule has 21 heavy (non-hydrogen) atoms. The van der Waals surface area contributed by atoms with E-state index in [2.05, 4.69) is 10.3 Å². The van der Waals surface area contributed by atoms with Gasteiger partial charge in [0.2, 0.25) is 5.91 Å². The molecule has 0 saturated heterocycles. The lowest BCUT2D eigenvalue weighted by molar-refractivity contribution is 0.0997. The van der Waals surface area contributed by atoms with Gasteiger partial charge >= 0.3 is 0 Å². The molecule has 3 aromatic rings. The van der Waals surface area contributed by atoms with Crippen LogP contribution in [0.25, 0.3) is 5.65 Å². The van der Waals surface area contributed by atoms with Crippen LogP contribution in [0, 0.1) is 0 Å². The normalized spacial score (nSPS) is 10.5. The molecular weight excluding hydrogens is 268 g/mol. The number of rotatable bonds is 3. The Labute approximate surface area is 120 Å². The quantitative estimate of drug-likeness (QED) is 0.765. The highest BCUT2D eigenvalue weighted by Gasteiger charge is 2.12. The van der Waals surface area contributed by atoms with E-state index in [0.717, 1.165) is 0 Å². The Morgan fingerprint density at radius 2 is 1.81 bits per heavy atom. The van der Waals surface area contributed by atoms with Crippen molar-refractivity contribution in [2.24, 2.45) is 5.73 Å². The van der Waals surface area contributed by atoms with E-state index < -0.39 is 5.91 Å². The number of primary amides is 1. The molecule has 2 amide bonds. The molecule has 6 nitrogen and oxygen atoms in total. The maximum Gasteiger partial charge on any atom is 0.275 e. The molecule has 0 aliphatic rings. The maximum atomic E-state index is 12.1. The van der Waals surface area contributed by atoms with Crippen molar-refractivity contribution in [3.8, 4) is 0 Å². The zero-order valence-corrected chi connectivity index (χ0v) is 11.0. The van der Waals surface area contributed by atoms with Gasteiger partial charge in [0, 0.05) is 18.1 Å². The van der Waals surface area contributed by atoms with Crippen LogP contribution >= 0.6 is 0 Å². The molecule has 0 aliphatic carbocycles. The van der Waals surface area contributed by atoms with E-state index in [9.17, 15) is 9.59 Å². The molecule has 6 heteroatoms. The number of fused-ring (bicyclic) bond motifs is 1. The average molecular weight is 280 g/mol. The predicted octanol–water partition coefficient (Wildman–Crippen LogP) is 1.69. The van der Waals surface area contributed by atoms with Crippen molar-refractivity contribution in [1.82, 2.24) is 9.38 Å². The van der Waals surface area contributed by atoms with Crippen molar-refractivity contribution in [1.29, 1.82) is 0 Å². The van der Waals surface area contributed by atoms with Crippen molar-refractivity contribution in [3.05, 3.63) is 66.1 Å². The molecule has 0 radical (unpaired) electrons. The van der Waals surface area contributed by atoms with Gasteiger partial charge in [-0.2, -0.15) is 0 Å². The van der Waals surface area contributed by atoms with Gasteiger partial charge in [0.15, 0.2) is 0 Å². The number of benzene rings is 1. The summed E-state index contributed by atoms with van der Waals surface area (Å²) in [6.45, 7) is 0. The Morgan fingerprint density at radius 3 is 2.52 bits per heavy atom. The highest BCUT2D eigenvalue weighted by atomic mass is 16.2. The molecule has 3 N–H and O–H groups in total. The van der Waals surface area contributed by atoms with Gasteiger partial charge in [0.25, 0.3) is 5.91 Å². The number of carbonyl (C=O) groups excluding carboxylic acids is 2. The van der Waals surface area contributed by atoms with Crippen LogP contribution in [0.4, 0.5) is 5.69 Å². The second-order valence-corrected chi connectivity index (χ2v) is 4.49. The van der Waals surface area contributed by atoms with Gasteiger partial charge in [-0.1, -0.05) is 18.2 Å². The molecule has 0 atom stereocenters. The molecule has 1 aromatic carbocycles. The number of hydrogen-bond donors (Lipinski definition) is 2. The number of amides is 2. The van der Waals surface area contributed by atoms with Crippen LogP contribution in [0.1, 0.15) is 20.8 Å². The summed E-state index contributed by atoms with van der Waals surface area (Å²) in [5.41, 5.74) is 7.10. The molecule has 0 bridgehead atoms. The number of imidazole rings is 1. The fraction of sp³-hybridized carbons (Fsp3) is 0. The third kappa shape index (κ3) is 2.59. The summed E-state index contributed by atoms with van der Waals surface area (Å²) >= 11 is 0. The molecule has 0 spiro atoms. The van der Waals surface area contributed by atoms with Gasteiger partial charge in [-0.25, -0.2) is 4.98 Å². The third-order valence-corrected chi connectivity index (χ3v) is 3.00. The Balaban J connectivity index is 1.90. The van der Waals surface area contributed by atoms with Gasteiger partial charge in [-0.3, -0.25) is 9.59 Å². The van der Waals surface area contributed by atoms with Crippen LogP contribution in [-0.4, -0.2) is 21.2 Å². The number of para-hydroxylation sites is 1. The maximum absolute atomic E-state index is 12.1. The molecule has 2 aromatic heterocycles. The third-order valence-electron chi connectivity index (χ3n) is 3.00. The van der Waals surface area contributed by atoms with Crippen molar-refractivity contribution >= 4 is 23.1 Å². The van der Waals surface area contributed by atoms with Crippen LogP contribution < -0.4 is 11.1 Å². The van der Waals surface area contributed by atoms with Gasteiger partial charge in [0.05, 0.1) is 5.56 Å². The van der Waals surface area contributed by atoms with Crippen LogP contribution in [0.2, 0.25) is 0 Å². The molecular formula is C15H12N4O2. The van der Waals surface area contributed by atoms with E-state index in [0.29, 0.717) is 16.9 Å². The lowest BCUT2D eigenvalue weighted by atomic mass is 10.3. The highest BCUT2D eigenvalue weighted by molar-refractivity contribution is 6.03. The van der Waals surface area contributed by atoms with Crippen LogP contribution in [0.3, 0.4) is 0 Å². The smallest absolute Gasteiger partial charge is 0.275 e. The molecule has 104 valence electrons. The minimum atomic E-state index is -0.527. The number of carbonyl (C=O) groups is 2. The zero-order chi connectivity index (χ0) is 14.8. The molecule has 0 unspecified atom stereocenters. The Morgan fingerprint density at radius 1 is 1.05 bits per heavy atom. The van der Waals surface area contributed by atoms with Crippen molar-refractivity contribution in [3.63, 3.8) is 0 Å². The number of hydrogen-bond acceptors (Lipinski definition) is 3. The summed E-state index contributed by atoms with van der Waals surface area (Å²) in [5, 5.41) is 2.75. The van der Waals surface area contributed by atoms with E-state index in [-0.39, 0.29) is 11.6 Å². The number of nitrogens with zero attached hydrogens (tertiary/aromatic N) is 2. The predicted molar refractivity (Wildman–Crippen MR) is 78.1 cm³/mol. The second kappa shape index (κ2) is 5.09. The number of aromatic nitrogens is 2. The molecule has 3 rings (SSSR count). The zero-order valence-electron chi connectivity index (χ0n) is 11.0. The lowest BCUT2D eigenvalue weighted by Gasteiger charge is -2.01. The topological polar surface area (TPSA) is 89.5 Å². The van der Waals surface area contributed by atoms with Gasteiger partial charge in [-0.05, 0) is 24.3 Å². The summed E-state index contributed by atoms with van der Waals surface area (Å²) < 4.78 is 1.60. The summed E-state index contributed by atoms with van der Waals surface area (Å²) in [6.07, 6.45) is 3.10. The fourth-order valence-electron chi connectivity index (χ4n) is 1.96. The Bertz CT molecular complexity index is 824. The van der Waals surface area contributed by atoms with Crippen LogP contribution in [-0.2, 0) is 0 Å². The first-order chi connectivity index (χ1) is 10.1. The SMILES string of the molecule is NC(=O)c1ccc2nc(C(=O)Nc3ccccc3)cn2c1. The summed E-state index contributed by atoms with van der Waals surface area (Å²) in [7, 11) is 0. The van der Waals surface area contributed by atoms with Crippen LogP contribution in [0.15, 0.2) is 54.9 Å². The van der Waals surface area contributed by atoms with E-state index in [4.69, 9.17) is 5.73 Å². The number of pyridine rings is 1. The number of nitrogens with one attached hydrogen (secondary N) is 1. The first-order valence-electron chi connectivity index (χ1n) is 6.28. The highest BCUT2D eigenvalue weighted by Crippen LogP contribution is 2.11. The van der Waals surface area contributed by atoms with E-state index >= 15 is 0 Å². The molecule has 0 aliphatic heterocycles. The fourth-order valence-corrected chi connectivity index (χ4v) is 1.96. The molecule has 0 fully saturated rings. The van der Waals surface area contributed by atoms with Gasteiger partial charge < -0.3 is 15.5 Å². The lowest BCUT2D eigenvalue weighted by Crippen LogP contribution is -2.12. The van der Waals surface area contributed by atoms with Gasteiger partial charge in [0.1, 0.15) is 11.3 Å². The summed E-state index contributed by atoms with van der Waals surface area (Å²) in [6, 6.07) is 12.3. The van der Waals surface area contributed by atoms with Crippen molar-refractivity contribution < 1.29 is 9.59 Å². The first kappa shape index (κ1) is 12.9. The molecule has 0 saturated carbocycles. The van der Waals surface area contributed by atoms with Gasteiger partial charge in [-0.15, -0.1) is 0 Å². The Hall–Kier alpha value is -3.15. The first-order valence-corrected chi connectivity index (χ1v) is 6.28. The summed E-state index contributed by atoms with van der Waals surface area (Å²) in [4.78, 5) is 27.5. The largest absolute Gasteiger partial charge is 0.366 e. The van der Waals surface area contributed by atoms with Crippen molar-refractivity contribution in [2.75, 3.05) is 5.32 Å². The standard InChI is InChI=1S/C15H12N4O2/c16-14(20)10-6-7-13-18-12(9-19(13)8-10)15(21)17-11-4-2-1-3-5-11/h1-9H,(H2,16,20)(H,17,21). The van der Waals surface area contributed by atoms with E-state index in [1.807, 2.05) is 18.2 Å². The number of anilines is 1. The van der Waals surface area contributed by atoms with Crippen LogP contribution in [0.5, 0.6) is 0 Å². The Kier molecular flexibility index (Phi) is 3.12. The monoisotopic (exact) mass is 280 g/mol. The molecule has 2 heterocycles. The minimum absolute atomic E-state index is 0.264. The average Bonchev–Trinajstić information content (AvgIpc) is 2.91. The number of nitrogens with two attached hydrogens (primary N) is 1. The van der Waals surface area contributed by atoms with E-state index in [1.165, 1.54) is 0 Å². The second-order valence-electron chi connectivity index (χ2n) is 4.49. The minimum Gasteiger partial charge on any atom is -0.366 e. The van der Waals surface area contributed by atoms with E-state index in [1.54, 1.807) is 41.1 Å². The van der Waals surface area contributed by atoms with Crippen molar-refractivity contribution in [2.45, 2.75) is 0 Å².